The van der Waals surface area contributed by atoms with Gasteiger partial charge in [0.25, 0.3) is 5.91 Å². The highest BCUT2D eigenvalue weighted by Crippen LogP contribution is 2.41. The number of nitrogens with one attached hydrogen (secondary N) is 1. The second-order valence-electron chi connectivity index (χ2n) is 5.10. The predicted molar refractivity (Wildman–Crippen MR) is 72.6 cm³/mol. The summed E-state index contributed by atoms with van der Waals surface area (Å²) in [5.41, 5.74) is 1.80. The summed E-state index contributed by atoms with van der Waals surface area (Å²) in [4.78, 5) is 12.2. The van der Waals surface area contributed by atoms with Crippen LogP contribution in [0.15, 0.2) is 42.7 Å². The van der Waals surface area contributed by atoms with Gasteiger partial charge in [0.15, 0.2) is 0 Å². The number of aromatic nitrogens is 2. The highest BCUT2D eigenvalue weighted by atomic mass is 16.1. The molecule has 3 rings (SSSR count). The van der Waals surface area contributed by atoms with Gasteiger partial charge >= 0.3 is 0 Å². The van der Waals surface area contributed by atoms with Crippen LogP contribution in [-0.2, 0) is 7.05 Å². The number of nitrogens with zero attached hydrogens (tertiary/aromatic N) is 2. The summed E-state index contributed by atoms with van der Waals surface area (Å²) in [7, 11) is 1.81. The number of hydrogen-bond acceptors (Lipinski definition) is 2. The van der Waals surface area contributed by atoms with Crippen LogP contribution in [0.1, 0.15) is 34.8 Å². The third kappa shape index (κ3) is 2.67. The van der Waals surface area contributed by atoms with E-state index >= 15 is 0 Å². The molecule has 1 fully saturated rings. The standard InChI is InChI=1S/C15H17N3O/c1-18-10-13(9-16-18)15(19)17-14(12-7-8-12)11-5-3-2-4-6-11/h2-6,9-10,12,14H,7-8H2,1H3,(H,17,19)/t14-/m1/s1. The van der Waals surface area contributed by atoms with Crippen LogP contribution in [0.5, 0.6) is 0 Å². The number of hydrogen-bond donors (Lipinski definition) is 1. The minimum Gasteiger partial charge on any atom is -0.345 e. The zero-order valence-electron chi connectivity index (χ0n) is 10.9. The third-order valence-electron chi connectivity index (χ3n) is 3.51. The van der Waals surface area contributed by atoms with Gasteiger partial charge in [-0.15, -0.1) is 0 Å². The molecule has 1 aliphatic carbocycles. The molecule has 0 radical (unpaired) electrons. The van der Waals surface area contributed by atoms with Crippen LogP contribution in [0, 0.1) is 5.92 Å². The van der Waals surface area contributed by atoms with Crippen LogP contribution in [0.3, 0.4) is 0 Å². The Hall–Kier alpha value is -2.10. The zero-order chi connectivity index (χ0) is 13.2. The van der Waals surface area contributed by atoms with E-state index in [2.05, 4.69) is 22.5 Å². The van der Waals surface area contributed by atoms with Gasteiger partial charge in [-0.25, -0.2) is 0 Å². The molecule has 1 aromatic heterocycles. The molecule has 2 aromatic rings. The molecule has 4 heteroatoms. The molecule has 0 aliphatic heterocycles. The van der Waals surface area contributed by atoms with Crippen molar-refractivity contribution >= 4 is 5.91 Å². The Morgan fingerprint density at radius 3 is 2.68 bits per heavy atom. The van der Waals surface area contributed by atoms with Gasteiger partial charge in [0.2, 0.25) is 0 Å². The van der Waals surface area contributed by atoms with E-state index in [1.54, 1.807) is 17.1 Å². The van der Waals surface area contributed by atoms with Crippen LogP contribution in [-0.4, -0.2) is 15.7 Å². The van der Waals surface area contributed by atoms with Gasteiger partial charge in [0, 0.05) is 13.2 Å². The van der Waals surface area contributed by atoms with Crippen LogP contribution >= 0.6 is 0 Å². The van der Waals surface area contributed by atoms with Crippen molar-refractivity contribution in [3.05, 3.63) is 53.9 Å². The van der Waals surface area contributed by atoms with Gasteiger partial charge in [-0.05, 0) is 24.3 Å². The largest absolute Gasteiger partial charge is 0.345 e. The molecule has 1 heterocycles. The summed E-state index contributed by atoms with van der Waals surface area (Å²) in [6.07, 6.45) is 5.72. The Kier molecular flexibility index (Phi) is 3.07. The highest BCUT2D eigenvalue weighted by Gasteiger charge is 2.33. The monoisotopic (exact) mass is 255 g/mol. The van der Waals surface area contributed by atoms with E-state index in [0.717, 1.165) is 0 Å². The van der Waals surface area contributed by atoms with E-state index in [1.807, 2.05) is 25.2 Å². The molecule has 1 N–H and O–H groups in total. The molecule has 1 aliphatic rings. The number of amides is 1. The fourth-order valence-electron chi connectivity index (χ4n) is 2.33. The quantitative estimate of drug-likeness (QED) is 0.911. The van der Waals surface area contributed by atoms with Crippen LogP contribution in [0.2, 0.25) is 0 Å². The normalized spacial score (nSPS) is 16.1. The number of aryl methyl sites for hydroxylation is 1. The molecular formula is C15H17N3O. The Morgan fingerprint density at radius 1 is 1.37 bits per heavy atom. The summed E-state index contributed by atoms with van der Waals surface area (Å²) in [6.45, 7) is 0. The first-order valence-corrected chi connectivity index (χ1v) is 6.58. The Morgan fingerprint density at radius 2 is 2.11 bits per heavy atom. The van der Waals surface area contributed by atoms with E-state index in [-0.39, 0.29) is 11.9 Å². The molecule has 0 bridgehead atoms. The summed E-state index contributed by atoms with van der Waals surface area (Å²) in [6, 6.07) is 10.3. The second kappa shape index (κ2) is 4.88. The van der Waals surface area contributed by atoms with Crippen molar-refractivity contribution in [1.82, 2.24) is 15.1 Å². The van der Waals surface area contributed by atoms with Crippen LogP contribution in [0.25, 0.3) is 0 Å². The van der Waals surface area contributed by atoms with E-state index in [4.69, 9.17) is 0 Å². The average molecular weight is 255 g/mol. The van der Waals surface area contributed by atoms with Gasteiger partial charge in [-0.1, -0.05) is 30.3 Å². The Bertz CT molecular complexity index is 572. The maximum atomic E-state index is 12.2. The minimum atomic E-state index is -0.0474. The second-order valence-corrected chi connectivity index (χ2v) is 5.10. The number of benzene rings is 1. The van der Waals surface area contributed by atoms with E-state index in [9.17, 15) is 4.79 Å². The lowest BCUT2D eigenvalue weighted by atomic mass is 10.0. The summed E-state index contributed by atoms with van der Waals surface area (Å²) in [5, 5.41) is 7.17. The summed E-state index contributed by atoms with van der Waals surface area (Å²) >= 11 is 0. The van der Waals surface area contributed by atoms with Crippen molar-refractivity contribution in [2.75, 3.05) is 0 Å². The summed E-state index contributed by atoms with van der Waals surface area (Å²) in [5.74, 6) is 0.525. The van der Waals surface area contributed by atoms with Crippen molar-refractivity contribution in [2.45, 2.75) is 18.9 Å². The van der Waals surface area contributed by atoms with E-state index in [0.29, 0.717) is 11.5 Å². The van der Waals surface area contributed by atoms with Gasteiger partial charge in [-0.2, -0.15) is 5.10 Å². The average Bonchev–Trinajstić information content (AvgIpc) is 3.18. The smallest absolute Gasteiger partial charge is 0.254 e. The SMILES string of the molecule is Cn1cc(C(=O)N[C@H](c2ccccc2)C2CC2)cn1. The summed E-state index contributed by atoms with van der Waals surface area (Å²) < 4.78 is 1.64. The highest BCUT2D eigenvalue weighted by molar-refractivity contribution is 5.94. The molecule has 1 saturated carbocycles. The molecule has 0 spiro atoms. The molecule has 4 nitrogen and oxygen atoms in total. The maximum Gasteiger partial charge on any atom is 0.254 e. The first-order chi connectivity index (χ1) is 9.24. The maximum absolute atomic E-state index is 12.2. The lowest BCUT2D eigenvalue weighted by Gasteiger charge is -2.18. The lowest BCUT2D eigenvalue weighted by molar-refractivity contribution is 0.0931. The van der Waals surface area contributed by atoms with Crippen molar-refractivity contribution in [3.63, 3.8) is 0 Å². The van der Waals surface area contributed by atoms with Crippen molar-refractivity contribution < 1.29 is 4.79 Å². The van der Waals surface area contributed by atoms with Gasteiger partial charge in [0.1, 0.15) is 0 Å². The molecule has 0 unspecified atom stereocenters. The fraction of sp³-hybridized carbons (Fsp3) is 0.333. The molecule has 98 valence electrons. The Labute approximate surface area is 112 Å². The van der Waals surface area contributed by atoms with Crippen molar-refractivity contribution in [3.8, 4) is 0 Å². The van der Waals surface area contributed by atoms with Crippen LogP contribution < -0.4 is 5.32 Å². The first-order valence-electron chi connectivity index (χ1n) is 6.58. The van der Waals surface area contributed by atoms with Crippen LogP contribution in [0.4, 0.5) is 0 Å². The predicted octanol–water partition coefficient (Wildman–Crippen LogP) is 2.30. The molecule has 1 aromatic carbocycles. The third-order valence-corrected chi connectivity index (χ3v) is 3.51. The molecule has 1 amide bonds. The zero-order valence-corrected chi connectivity index (χ0v) is 10.9. The molecular weight excluding hydrogens is 238 g/mol. The molecule has 1 atom stereocenters. The number of rotatable bonds is 4. The van der Waals surface area contributed by atoms with Gasteiger partial charge < -0.3 is 5.32 Å². The Balaban J connectivity index is 1.77. The van der Waals surface area contributed by atoms with Crippen molar-refractivity contribution in [2.24, 2.45) is 13.0 Å². The van der Waals surface area contributed by atoms with E-state index < -0.39 is 0 Å². The molecule has 0 saturated heterocycles. The fourth-order valence-corrected chi connectivity index (χ4v) is 2.33. The van der Waals surface area contributed by atoms with Crippen molar-refractivity contribution in [1.29, 1.82) is 0 Å². The topological polar surface area (TPSA) is 46.9 Å². The number of carbonyl (C=O) groups is 1. The first kappa shape index (κ1) is 12.0. The van der Waals surface area contributed by atoms with Gasteiger partial charge in [-0.3, -0.25) is 9.48 Å². The number of carbonyl (C=O) groups excluding carboxylic acids is 1. The van der Waals surface area contributed by atoms with E-state index in [1.165, 1.54) is 18.4 Å². The minimum absolute atomic E-state index is 0.0474. The molecule has 19 heavy (non-hydrogen) atoms. The van der Waals surface area contributed by atoms with Gasteiger partial charge in [0.05, 0.1) is 17.8 Å². The lowest BCUT2D eigenvalue weighted by Crippen LogP contribution is -2.29.